The van der Waals surface area contributed by atoms with Gasteiger partial charge in [0.05, 0.1) is 12.7 Å². The minimum absolute atomic E-state index is 0.0000109. The monoisotopic (exact) mass is 452 g/mol. The Balaban J connectivity index is 1.42. The van der Waals surface area contributed by atoms with Gasteiger partial charge < -0.3 is 14.2 Å². The van der Waals surface area contributed by atoms with Crippen molar-refractivity contribution in [1.82, 2.24) is 0 Å². The Labute approximate surface area is 198 Å². The SMILES string of the molecule is COc1ccc(Cc2ccccc2OC(=O)c2ccc(Oc3ccc(C(C)=O)cc3)cc2)cc1. The van der Waals surface area contributed by atoms with E-state index >= 15 is 0 Å². The predicted octanol–water partition coefficient (Wildman–Crippen LogP) is 6.50. The number of hydrogen-bond acceptors (Lipinski definition) is 5. The van der Waals surface area contributed by atoms with Gasteiger partial charge in [0.1, 0.15) is 23.0 Å². The Kier molecular flexibility index (Phi) is 7.04. The van der Waals surface area contributed by atoms with Crippen molar-refractivity contribution in [3.63, 3.8) is 0 Å². The molecule has 4 rings (SSSR count). The van der Waals surface area contributed by atoms with Gasteiger partial charge in [-0.2, -0.15) is 0 Å². The quantitative estimate of drug-likeness (QED) is 0.173. The number of para-hydroxylation sites is 1. The number of esters is 1. The molecule has 0 bridgehead atoms. The van der Waals surface area contributed by atoms with Crippen LogP contribution in [0.3, 0.4) is 0 Å². The highest BCUT2D eigenvalue weighted by atomic mass is 16.5. The van der Waals surface area contributed by atoms with Crippen LogP contribution in [0.4, 0.5) is 0 Å². The average Bonchev–Trinajstić information content (AvgIpc) is 2.86. The number of carbonyl (C=O) groups is 2. The van der Waals surface area contributed by atoms with E-state index in [9.17, 15) is 9.59 Å². The molecule has 0 radical (unpaired) electrons. The Morgan fingerprint density at radius 1 is 0.676 bits per heavy atom. The maximum atomic E-state index is 12.8. The Bertz CT molecular complexity index is 1270. The summed E-state index contributed by atoms with van der Waals surface area (Å²) in [5.74, 6) is 2.05. The lowest BCUT2D eigenvalue weighted by molar-refractivity contribution is 0.0733. The fourth-order valence-corrected chi connectivity index (χ4v) is 3.42. The third kappa shape index (κ3) is 5.70. The molecule has 0 N–H and O–H groups in total. The van der Waals surface area contributed by atoms with Gasteiger partial charge in [-0.3, -0.25) is 4.79 Å². The molecule has 0 amide bonds. The first-order valence-electron chi connectivity index (χ1n) is 10.8. The van der Waals surface area contributed by atoms with E-state index in [1.807, 2.05) is 42.5 Å². The zero-order valence-electron chi connectivity index (χ0n) is 19.0. The lowest BCUT2D eigenvalue weighted by Crippen LogP contribution is -2.10. The number of carbonyl (C=O) groups excluding carboxylic acids is 2. The number of ketones is 1. The Morgan fingerprint density at radius 2 is 1.24 bits per heavy atom. The molecule has 0 heterocycles. The second-order valence-corrected chi connectivity index (χ2v) is 7.73. The highest BCUT2D eigenvalue weighted by Crippen LogP contribution is 2.25. The third-order valence-corrected chi connectivity index (χ3v) is 5.32. The summed E-state index contributed by atoms with van der Waals surface area (Å²) in [5, 5.41) is 0. The van der Waals surface area contributed by atoms with Crippen molar-refractivity contribution in [3.8, 4) is 23.0 Å². The number of methoxy groups -OCH3 is 1. The molecule has 4 aromatic rings. The molecule has 34 heavy (non-hydrogen) atoms. The molecule has 5 heteroatoms. The van der Waals surface area contributed by atoms with Crippen molar-refractivity contribution >= 4 is 11.8 Å². The van der Waals surface area contributed by atoms with E-state index in [1.54, 1.807) is 61.7 Å². The smallest absolute Gasteiger partial charge is 0.343 e. The van der Waals surface area contributed by atoms with E-state index in [-0.39, 0.29) is 5.78 Å². The van der Waals surface area contributed by atoms with E-state index in [1.165, 1.54) is 6.92 Å². The van der Waals surface area contributed by atoms with Gasteiger partial charge in [0, 0.05) is 12.0 Å². The summed E-state index contributed by atoms with van der Waals surface area (Å²) in [6.07, 6.45) is 0.628. The molecule has 4 aromatic carbocycles. The summed E-state index contributed by atoms with van der Waals surface area (Å²) in [4.78, 5) is 24.2. The van der Waals surface area contributed by atoms with Crippen molar-refractivity contribution in [1.29, 1.82) is 0 Å². The normalized spacial score (nSPS) is 10.4. The average molecular weight is 453 g/mol. The third-order valence-electron chi connectivity index (χ3n) is 5.32. The summed E-state index contributed by atoms with van der Waals surface area (Å²) in [7, 11) is 1.63. The minimum atomic E-state index is -0.445. The van der Waals surface area contributed by atoms with Gasteiger partial charge in [-0.1, -0.05) is 30.3 Å². The van der Waals surface area contributed by atoms with Crippen molar-refractivity contribution in [2.45, 2.75) is 13.3 Å². The highest BCUT2D eigenvalue weighted by molar-refractivity contribution is 5.94. The summed E-state index contributed by atoms with van der Waals surface area (Å²) in [5.41, 5.74) is 3.04. The minimum Gasteiger partial charge on any atom is -0.497 e. The largest absolute Gasteiger partial charge is 0.497 e. The summed E-state index contributed by atoms with van der Waals surface area (Å²) >= 11 is 0. The van der Waals surface area contributed by atoms with Crippen molar-refractivity contribution in [2.75, 3.05) is 7.11 Å². The van der Waals surface area contributed by atoms with Gasteiger partial charge in [0.2, 0.25) is 0 Å². The molecule has 0 aliphatic carbocycles. The van der Waals surface area contributed by atoms with E-state index in [4.69, 9.17) is 14.2 Å². The van der Waals surface area contributed by atoms with Crippen LogP contribution in [0.1, 0.15) is 38.8 Å². The summed E-state index contributed by atoms with van der Waals surface area (Å²) in [6, 6.07) is 28.9. The van der Waals surface area contributed by atoms with Gasteiger partial charge in [-0.05, 0) is 84.8 Å². The zero-order chi connectivity index (χ0) is 23.9. The van der Waals surface area contributed by atoms with Crippen LogP contribution in [-0.2, 0) is 6.42 Å². The second kappa shape index (κ2) is 10.5. The first-order valence-corrected chi connectivity index (χ1v) is 10.8. The molecule has 0 aromatic heterocycles. The first-order chi connectivity index (χ1) is 16.5. The van der Waals surface area contributed by atoms with Crippen LogP contribution in [0, 0.1) is 0 Å². The molecule has 170 valence electrons. The Morgan fingerprint density at radius 3 is 1.82 bits per heavy atom. The van der Waals surface area contributed by atoms with Crippen LogP contribution in [0.2, 0.25) is 0 Å². The zero-order valence-corrected chi connectivity index (χ0v) is 19.0. The molecular weight excluding hydrogens is 428 g/mol. The van der Waals surface area contributed by atoms with Crippen LogP contribution in [-0.4, -0.2) is 18.9 Å². The van der Waals surface area contributed by atoms with Crippen LogP contribution >= 0.6 is 0 Å². The number of hydrogen-bond donors (Lipinski definition) is 0. The van der Waals surface area contributed by atoms with Gasteiger partial charge in [0.15, 0.2) is 5.78 Å². The van der Waals surface area contributed by atoms with E-state index in [0.29, 0.717) is 34.8 Å². The van der Waals surface area contributed by atoms with Crippen molar-refractivity contribution in [3.05, 3.63) is 119 Å². The molecule has 0 unspecified atom stereocenters. The van der Waals surface area contributed by atoms with Crippen LogP contribution in [0.25, 0.3) is 0 Å². The van der Waals surface area contributed by atoms with Crippen molar-refractivity contribution < 1.29 is 23.8 Å². The molecule has 5 nitrogen and oxygen atoms in total. The van der Waals surface area contributed by atoms with E-state index < -0.39 is 5.97 Å². The fourth-order valence-electron chi connectivity index (χ4n) is 3.42. The second-order valence-electron chi connectivity index (χ2n) is 7.73. The number of benzene rings is 4. The predicted molar refractivity (Wildman–Crippen MR) is 130 cm³/mol. The number of ether oxygens (including phenoxy) is 3. The molecule has 0 saturated carbocycles. The molecular formula is C29H24O5. The van der Waals surface area contributed by atoms with Gasteiger partial charge in [0.25, 0.3) is 0 Å². The fraction of sp³-hybridized carbons (Fsp3) is 0.103. The molecule has 0 saturated heterocycles. The topological polar surface area (TPSA) is 61.8 Å². The van der Waals surface area contributed by atoms with E-state index in [0.717, 1.165) is 16.9 Å². The van der Waals surface area contributed by atoms with Crippen molar-refractivity contribution in [2.24, 2.45) is 0 Å². The molecule has 0 atom stereocenters. The van der Waals surface area contributed by atoms with Gasteiger partial charge in [-0.15, -0.1) is 0 Å². The molecule has 0 spiro atoms. The number of Topliss-reactive ketones (excluding diaryl/α,β-unsaturated/α-hetero) is 1. The maximum Gasteiger partial charge on any atom is 0.343 e. The van der Waals surface area contributed by atoms with Gasteiger partial charge in [-0.25, -0.2) is 4.79 Å². The molecule has 0 aliphatic rings. The summed E-state index contributed by atoms with van der Waals surface area (Å²) < 4.78 is 16.7. The number of rotatable bonds is 8. The van der Waals surface area contributed by atoms with Gasteiger partial charge >= 0.3 is 5.97 Å². The lowest BCUT2D eigenvalue weighted by atomic mass is 10.0. The van der Waals surface area contributed by atoms with Crippen LogP contribution < -0.4 is 14.2 Å². The van der Waals surface area contributed by atoms with Crippen LogP contribution in [0.15, 0.2) is 97.1 Å². The lowest BCUT2D eigenvalue weighted by Gasteiger charge is -2.11. The first kappa shape index (κ1) is 22.8. The summed E-state index contributed by atoms with van der Waals surface area (Å²) in [6.45, 7) is 1.52. The molecule has 0 fully saturated rings. The highest BCUT2D eigenvalue weighted by Gasteiger charge is 2.12. The van der Waals surface area contributed by atoms with Crippen LogP contribution in [0.5, 0.6) is 23.0 Å². The maximum absolute atomic E-state index is 12.8. The standard InChI is InChI=1S/C29H24O5/c1-20(30)22-9-15-26(16-10-22)33-27-17-11-23(12-18-27)29(31)34-28-6-4-3-5-24(28)19-21-7-13-25(32-2)14-8-21/h3-18H,19H2,1-2H3. The van der Waals surface area contributed by atoms with E-state index in [2.05, 4.69) is 0 Å². The molecule has 0 aliphatic heterocycles. The Hall–Kier alpha value is -4.38.